The van der Waals surface area contributed by atoms with Crippen molar-refractivity contribution in [3.05, 3.63) is 0 Å². The highest BCUT2D eigenvalue weighted by atomic mass is 15.1. The molecule has 0 fully saturated rings. The van der Waals surface area contributed by atoms with Gasteiger partial charge in [-0.1, -0.05) is 34.1 Å². The van der Waals surface area contributed by atoms with Crippen LogP contribution in [0.3, 0.4) is 0 Å². The fraction of sp³-hybridized carbons (Fsp3) is 0.875. The van der Waals surface area contributed by atoms with Gasteiger partial charge in [0.2, 0.25) is 0 Å². The van der Waals surface area contributed by atoms with Gasteiger partial charge in [-0.2, -0.15) is 5.10 Å². The van der Waals surface area contributed by atoms with Crippen molar-refractivity contribution in [2.45, 2.75) is 40.5 Å². The van der Waals surface area contributed by atoms with Crippen LogP contribution in [-0.4, -0.2) is 5.71 Å². The summed E-state index contributed by atoms with van der Waals surface area (Å²) in [6.45, 7) is 8.54. The molecule has 60 valence electrons. The zero-order chi connectivity index (χ0) is 8.20. The Balaban J connectivity index is 4.10. The van der Waals surface area contributed by atoms with Crippen LogP contribution < -0.4 is 5.84 Å². The molecule has 0 heterocycles. The zero-order valence-corrected chi connectivity index (χ0v) is 7.44. The molecule has 0 aliphatic heterocycles. The van der Waals surface area contributed by atoms with Crippen LogP contribution in [0.5, 0.6) is 0 Å². The molecule has 0 saturated heterocycles. The van der Waals surface area contributed by atoms with E-state index in [0.717, 1.165) is 18.6 Å². The van der Waals surface area contributed by atoms with E-state index < -0.39 is 0 Å². The molecular weight excluding hydrogens is 124 g/mol. The Bertz CT molecular complexity index is 120. The second kappa shape index (κ2) is 3.59. The van der Waals surface area contributed by atoms with Gasteiger partial charge in [-0.25, -0.2) is 0 Å². The third-order valence-electron chi connectivity index (χ3n) is 1.51. The fourth-order valence-corrected chi connectivity index (χ4v) is 0.870. The van der Waals surface area contributed by atoms with Gasteiger partial charge in [0.25, 0.3) is 0 Å². The maximum Gasteiger partial charge on any atom is 0.0429 e. The van der Waals surface area contributed by atoms with Crippen LogP contribution in [0.2, 0.25) is 0 Å². The van der Waals surface area contributed by atoms with Gasteiger partial charge in [-0.15, -0.1) is 0 Å². The Morgan fingerprint density at radius 1 is 1.40 bits per heavy atom. The summed E-state index contributed by atoms with van der Waals surface area (Å²) in [6.07, 6.45) is 2.13. The monoisotopic (exact) mass is 142 g/mol. The predicted octanol–water partition coefficient (Wildman–Crippen LogP) is 2.15. The van der Waals surface area contributed by atoms with E-state index in [4.69, 9.17) is 5.84 Å². The van der Waals surface area contributed by atoms with Crippen molar-refractivity contribution in [1.82, 2.24) is 0 Å². The summed E-state index contributed by atoms with van der Waals surface area (Å²) in [7, 11) is 0. The van der Waals surface area contributed by atoms with Gasteiger partial charge in [-0.05, 0) is 6.42 Å². The molecule has 0 rings (SSSR count). The quantitative estimate of drug-likeness (QED) is 0.358. The minimum atomic E-state index is 0.144. The van der Waals surface area contributed by atoms with E-state index in [1.807, 2.05) is 0 Å². The molecule has 10 heavy (non-hydrogen) atoms. The van der Waals surface area contributed by atoms with Crippen LogP contribution in [0.25, 0.3) is 0 Å². The number of hydrogen-bond donors (Lipinski definition) is 1. The number of rotatable bonds is 2. The average Bonchev–Trinajstić information content (AvgIpc) is 1.80. The lowest BCUT2D eigenvalue weighted by atomic mass is 9.87. The lowest BCUT2D eigenvalue weighted by Crippen LogP contribution is -2.21. The Hall–Kier alpha value is -0.530. The summed E-state index contributed by atoms with van der Waals surface area (Å²) in [4.78, 5) is 0. The van der Waals surface area contributed by atoms with Gasteiger partial charge in [0.05, 0.1) is 0 Å². The van der Waals surface area contributed by atoms with E-state index >= 15 is 0 Å². The van der Waals surface area contributed by atoms with Gasteiger partial charge < -0.3 is 5.84 Å². The molecule has 0 bridgehead atoms. The molecule has 0 aromatic heterocycles. The topological polar surface area (TPSA) is 38.4 Å². The maximum absolute atomic E-state index is 5.23. The van der Waals surface area contributed by atoms with Crippen molar-refractivity contribution in [2.75, 3.05) is 0 Å². The molecule has 2 N–H and O–H groups in total. The second-order valence-corrected chi connectivity index (χ2v) is 3.58. The molecule has 2 nitrogen and oxygen atoms in total. The Morgan fingerprint density at radius 3 is 2.00 bits per heavy atom. The highest BCUT2D eigenvalue weighted by Crippen LogP contribution is 2.18. The summed E-state index contributed by atoms with van der Waals surface area (Å²) in [5.41, 5.74) is 1.25. The van der Waals surface area contributed by atoms with Gasteiger partial charge in [-0.3, -0.25) is 0 Å². The van der Waals surface area contributed by atoms with E-state index in [-0.39, 0.29) is 5.41 Å². The lowest BCUT2D eigenvalue weighted by Gasteiger charge is -2.19. The molecule has 0 amide bonds. The minimum Gasteiger partial charge on any atom is -0.323 e. The standard InChI is InChI=1S/C8H18N2/c1-5-6-7(10-9)8(2,3)4/h5-6,9H2,1-4H3/b10-7-. The van der Waals surface area contributed by atoms with Gasteiger partial charge >= 0.3 is 0 Å². The Kier molecular flexibility index (Phi) is 3.40. The first-order chi connectivity index (χ1) is 4.52. The van der Waals surface area contributed by atoms with Crippen molar-refractivity contribution in [3.8, 4) is 0 Å². The van der Waals surface area contributed by atoms with E-state index in [1.165, 1.54) is 0 Å². The summed E-state index contributed by atoms with van der Waals surface area (Å²) in [5.74, 6) is 5.23. The highest BCUT2D eigenvalue weighted by molar-refractivity contribution is 5.88. The largest absolute Gasteiger partial charge is 0.323 e. The normalized spacial score (nSPS) is 13.8. The van der Waals surface area contributed by atoms with Crippen LogP contribution in [0.1, 0.15) is 40.5 Å². The lowest BCUT2D eigenvalue weighted by molar-refractivity contribution is 0.572. The van der Waals surface area contributed by atoms with E-state index in [2.05, 4.69) is 32.8 Å². The Labute approximate surface area is 63.5 Å². The number of hydrazone groups is 1. The van der Waals surface area contributed by atoms with Crippen LogP contribution >= 0.6 is 0 Å². The van der Waals surface area contributed by atoms with Crippen molar-refractivity contribution in [3.63, 3.8) is 0 Å². The predicted molar refractivity (Wildman–Crippen MR) is 46.0 cm³/mol. The molecule has 0 aliphatic rings. The number of nitrogens with zero attached hydrogens (tertiary/aromatic N) is 1. The molecule has 0 aromatic carbocycles. The van der Waals surface area contributed by atoms with Gasteiger partial charge in [0.15, 0.2) is 0 Å². The summed E-state index contributed by atoms with van der Waals surface area (Å²) in [5, 5.41) is 3.77. The van der Waals surface area contributed by atoms with Crippen LogP contribution in [0.15, 0.2) is 5.10 Å². The van der Waals surface area contributed by atoms with Crippen LogP contribution in [0.4, 0.5) is 0 Å². The van der Waals surface area contributed by atoms with E-state index in [9.17, 15) is 0 Å². The van der Waals surface area contributed by atoms with Crippen LogP contribution in [0, 0.1) is 5.41 Å². The average molecular weight is 142 g/mol. The zero-order valence-electron chi connectivity index (χ0n) is 7.44. The van der Waals surface area contributed by atoms with Gasteiger partial charge in [0.1, 0.15) is 0 Å². The SMILES string of the molecule is CCC/C(=N/N)C(C)(C)C. The molecule has 2 heteroatoms. The smallest absolute Gasteiger partial charge is 0.0429 e. The third kappa shape index (κ3) is 2.85. The highest BCUT2D eigenvalue weighted by Gasteiger charge is 2.17. The summed E-state index contributed by atoms with van der Waals surface area (Å²) >= 11 is 0. The first kappa shape index (κ1) is 9.47. The van der Waals surface area contributed by atoms with Crippen molar-refractivity contribution < 1.29 is 0 Å². The molecule has 0 atom stereocenters. The fourth-order valence-electron chi connectivity index (χ4n) is 0.870. The Morgan fingerprint density at radius 2 is 1.90 bits per heavy atom. The van der Waals surface area contributed by atoms with Crippen molar-refractivity contribution in [1.29, 1.82) is 0 Å². The number of hydrogen-bond acceptors (Lipinski definition) is 2. The summed E-state index contributed by atoms with van der Waals surface area (Å²) in [6, 6.07) is 0. The minimum absolute atomic E-state index is 0.144. The second-order valence-electron chi connectivity index (χ2n) is 3.58. The summed E-state index contributed by atoms with van der Waals surface area (Å²) < 4.78 is 0. The molecule has 0 spiro atoms. The molecular formula is C8H18N2. The van der Waals surface area contributed by atoms with Crippen LogP contribution in [-0.2, 0) is 0 Å². The van der Waals surface area contributed by atoms with E-state index in [1.54, 1.807) is 0 Å². The van der Waals surface area contributed by atoms with Crippen molar-refractivity contribution in [2.24, 2.45) is 16.4 Å². The molecule has 0 unspecified atom stereocenters. The van der Waals surface area contributed by atoms with Crippen molar-refractivity contribution >= 4 is 5.71 Å². The molecule has 0 aliphatic carbocycles. The third-order valence-corrected chi connectivity index (χ3v) is 1.51. The molecule has 0 aromatic rings. The first-order valence-corrected chi connectivity index (χ1v) is 3.79. The molecule has 0 saturated carbocycles. The first-order valence-electron chi connectivity index (χ1n) is 3.79. The van der Waals surface area contributed by atoms with Gasteiger partial charge in [0, 0.05) is 11.1 Å². The number of nitrogens with two attached hydrogens (primary N) is 1. The molecule has 0 radical (unpaired) electrons. The maximum atomic E-state index is 5.23. The van der Waals surface area contributed by atoms with E-state index in [0.29, 0.717) is 0 Å².